The van der Waals surface area contributed by atoms with E-state index in [-0.39, 0.29) is 11.9 Å². The Morgan fingerprint density at radius 1 is 1.40 bits per heavy atom. The van der Waals surface area contributed by atoms with E-state index in [1.807, 2.05) is 26.1 Å². The minimum absolute atomic E-state index is 0.128. The van der Waals surface area contributed by atoms with Crippen molar-refractivity contribution in [3.8, 4) is 0 Å². The van der Waals surface area contributed by atoms with Crippen molar-refractivity contribution < 1.29 is 4.39 Å². The van der Waals surface area contributed by atoms with Crippen molar-refractivity contribution in [1.82, 2.24) is 4.90 Å². The summed E-state index contributed by atoms with van der Waals surface area (Å²) in [6, 6.07) is 5.66. The molecule has 2 N–H and O–H groups in total. The molecule has 1 fully saturated rings. The van der Waals surface area contributed by atoms with Crippen molar-refractivity contribution in [2.45, 2.75) is 38.8 Å². The summed E-state index contributed by atoms with van der Waals surface area (Å²) in [6.45, 7) is 7.37. The zero-order valence-corrected chi connectivity index (χ0v) is 12.8. The maximum absolute atomic E-state index is 14.3. The molecule has 0 spiro atoms. The molecule has 1 heterocycles. The summed E-state index contributed by atoms with van der Waals surface area (Å²) in [5.41, 5.74) is 7.33. The van der Waals surface area contributed by atoms with Gasteiger partial charge in [-0.1, -0.05) is 13.0 Å². The van der Waals surface area contributed by atoms with Crippen LogP contribution in [0.1, 0.15) is 38.3 Å². The molecule has 1 aromatic rings. The Kier molecular flexibility index (Phi) is 5.00. The van der Waals surface area contributed by atoms with Crippen LogP contribution in [0.15, 0.2) is 18.2 Å². The highest BCUT2D eigenvalue weighted by atomic mass is 19.1. The molecule has 0 aliphatic carbocycles. The Morgan fingerprint density at radius 2 is 2.05 bits per heavy atom. The van der Waals surface area contributed by atoms with Gasteiger partial charge in [-0.3, -0.25) is 0 Å². The first-order chi connectivity index (χ1) is 9.52. The third kappa shape index (κ3) is 3.30. The van der Waals surface area contributed by atoms with Crippen molar-refractivity contribution in [3.05, 3.63) is 29.6 Å². The van der Waals surface area contributed by atoms with E-state index in [0.29, 0.717) is 11.7 Å². The van der Waals surface area contributed by atoms with Gasteiger partial charge in [-0.2, -0.15) is 0 Å². The summed E-state index contributed by atoms with van der Waals surface area (Å²) in [5, 5.41) is 0. The lowest BCUT2D eigenvalue weighted by molar-refractivity contribution is 0.220. The number of likely N-dealkylation sites (tertiary alicyclic amines) is 1. The summed E-state index contributed by atoms with van der Waals surface area (Å²) < 4.78 is 14.3. The Bertz CT molecular complexity index is 439. The van der Waals surface area contributed by atoms with Crippen molar-refractivity contribution in [2.75, 3.05) is 31.6 Å². The monoisotopic (exact) mass is 279 g/mol. The lowest BCUT2D eigenvalue weighted by Crippen LogP contribution is -2.43. The summed E-state index contributed by atoms with van der Waals surface area (Å²) in [6.07, 6.45) is 2.19. The lowest BCUT2D eigenvalue weighted by atomic mass is 10.0. The summed E-state index contributed by atoms with van der Waals surface area (Å²) in [5.74, 6) is -0.166. The van der Waals surface area contributed by atoms with Gasteiger partial charge in [-0.15, -0.1) is 0 Å². The smallest absolute Gasteiger partial charge is 0.146 e. The van der Waals surface area contributed by atoms with Gasteiger partial charge < -0.3 is 15.5 Å². The highest BCUT2D eigenvalue weighted by Crippen LogP contribution is 2.26. The van der Waals surface area contributed by atoms with Crippen molar-refractivity contribution >= 4 is 5.69 Å². The van der Waals surface area contributed by atoms with E-state index in [4.69, 9.17) is 5.73 Å². The molecule has 3 nitrogen and oxygen atoms in total. The molecule has 4 heteroatoms. The van der Waals surface area contributed by atoms with Crippen LogP contribution in [0.5, 0.6) is 0 Å². The largest absolute Gasteiger partial charge is 0.369 e. The molecule has 1 atom stereocenters. The molecule has 0 radical (unpaired) electrons. The first-order valence-electron chi connectivity index (χ1n) is 7.53. The van der Waals surface area contributed by atoms with E-state index in [1.165, 1.54) is 0 Å². The van der Waals surface area contributed by atoms with Crippen LogP contribution in [0.4, 0.5) is 10.1 Å². The summed E-state index contributed by atoms with van der Waals surface area (Å²) >= 11 is 0. The van der Waals surface area contributed by atoms with Gasteiger partial charge in [0.1, 0.15) is 5.82 Å². The maximum atomic E-state index is 14.3. The number of nitrogens with two attached hydrogens (primary N) is 1. The molecular formula is C16H26FN3. The van der Waals surface area contributed by atoms with E-state index < -0.39 is 0 Å². The van der Waals surface area contributed by atoms with Gasteiger partial charge in [0.05, 0.1) is 5.69 Å². The second-order valence-corrected chi connectivity index (χ2v) is 5.78. The predicted molar refractivity (Wildman–Crippen MR) is 82.5 cm³/mol. The van der Waals surface area contributed by atoms with Gasteiger partial charge in [-0.05, 0) is 44.0 Å². The fourth-order valence-corrected chi connectivity index (χ4v) is 2.91. The second kappa shape index (κ2) is 6.55. The quantitative estimate of drug-likeness (QED) is 0.920. The standard InChI is InChI=1S/C16H26FN3/c1-4-20-9-7-14(8-10-20)19(3)16-6-5-13(12(2)18)11-15(16)17/h5-6,11-12,14H,4,7-10,18H2,1-3H3/t12-/m1/s1. The van der Waals surface area contributed by atoms with E-state index in [1.54, 1.807) is 6.07 Å². The molecular weight excluding hydrogens is 253 g/mol. The molecule has 112 valence electrons. The van der Waals surface area contributed by atoms with Crippen LogP contribution in [0, 0.1) is 5.82 Å². The molecule has 0 amide bonds. The van der Waals surface area contributed by atoms with E-state index in [0.717, 1.165) is 38.0 Å². The average Bonchev–Trinajstić information content (AvgIpc) is 2.46. The summed E-state index contributed by atoms with van der Waals surface area (Å²) in [4.78, 5) is 4.53. The second-order valence-electron chi connectivity index (χ2n) is 5.78. The van der Waals surface area contributed by atoms with Crippen LogP contribution in [-0.2, 0) is 0 Å². The topological polar surface area (TPSA) is 32.5 Å². The number of anilines is 1. The van der Waals surface area contributed by atoms with Gasteiger partial charge in [0, 0.05) is 32.2 Å². The maximum Gasteiger partial charge on any atom is 0.146 e. The highest BCUT2D eigenvalue weighted by Gasteiger charge is 2.23. The molecule has 1 aliphatic heterocycles. The summed E-state index contributed by atoms with van der Waals surface area (Å²) in [7, 11) is 2.00. The van der Waals surface area contributed by atoms with Gasteiger partial charge in [0.25, 0.3) is 0 Å². The minimum atomic E-state index is -0.166. The van der Waals surface area contributed by atoms with Gasteiger partial charge in [0.2, 0.25) is 0 Å². The third-order valence-corrected chi connectivity index (χ3v) is 4.43. The number of benzene rings is 1. The SMILES string of the molecule is CCN1CCC(N(C)c2ccc([C@@H](C)N)cc2F)CC1. The van der Waals surface area contributed by atoms with E-state index in [2.05, 4.69) is 16.7 Å². The van der Waals surface area contributed by atoms with Crippen LogP contribution in [0.3, 0.4) is 0 Å². The van der Waals surface area contributed by atoms with Gasteiger partial charge >= 0.3 is 0 Å². The van der Waals surface area contributed by atoms with Crippen LogP contribution >= 0.6 is 0 Å². The normalized spacial score (nSPS) is 19.1. The zero-order chi connectivity index (χ0) is 14.7. The van der Waals surface area contributed by atoms with Crippen LogP contribution in [0.25, 0.3) is 0 Å². The van der Waals surface area contributed by atoms with Gasteiger partial charge in [-0.25, -0.2) is 4.39 Å². The molecule has 1 aromatic carbocycles. The predicted octanol–water partition coefficient (Wildman–Crippen LogP) is 2.77. The molecule has 0 unspecified atom stereocenters. The molecule has 0 saturated carbocycles. The molecule has 0 aromatic heterocycles. The number of hydrogen-bond donors (Lipinski definition) is 1. The van der Waals surface area contributed by atoms with Crippen LogP contribution in [0.2, 0.25) is 0 Å². The Hall–Kier alpha value is -1.13. The Labute approximate surface area is 121 Å². The minimum Gasteiger partial charge on any atom is -0.369 e. The van der Waals surface area contributed by atoms with Crippen LogP contribution in [-0.4, -0.2) is 37.6 Å². The zero-order valence-electron chi connectivity index (χ0n) is 12.8. The molecule has 2 rings (SSSR count). The number of nitrogens with zero attached hydrogens (tertiary/aromatic N) is 2. The number of piperidine rings is 1. The lowest BCUT2D eigenvalue weighted by Gasteiger charge is -2.37. The van der Waals surface area contributed by atoms with Crippen molar-refractivity contribution in [1.29, 1.82) is 0 Å². The Morgan fingerprint density at radius 3 is 2.55 bits per heavy atom. The van der Waals surface area contributed by atoms with Gasteiger partial charge in [0.15, 0.2) is 0 Å². The average molecular weight is 279 g/mol. The first kappa shape index (κ1) is 15.3. The Balaban J connectivity index is 2.07. The fourth-order valence-electron chi connectivity index (χ4n) is 2.91. The number of halogens is 1. The molecule has 0 bridgehead atoms. The van der Waals surface area contributed by atoms with Crippen molar-refractivity contribution in [3.63, 3.8) is 0 Å². The molecule has 1 aliphatic rings. The van der Waals surface area contributed by atoms with Crippen LogP contribution < -0.4 is 10.6 Å². The number of hydrogen-bond acceptors (Lipinski definition) is 3. The van der Waals surface area contributed by atoms with E-state index in [9.17, 15) is 4.39 Å². The highest BCUT2D eigenvalue weighted by molar-refractivity contribution is 5.50. The fraction of sp³-hybridized carbons (Fsp3) is 0.625. The molecule has 1 saturated heterocycles. The number of rotatable bonds is 4. The van der Waals surface area contributed by atoms with E-state index >= 15 is 0 Å². The molecule has 20 heavy (non-hydrogen) atoms. The third-order valence-electron chi connectivity index (χ3n) is 4.43. The van der Waals surface area contributed by atoms with Crippen molar-refractivity contribution in [2.24, 2.45) is 5.73 Å². The first-order valence-corrected chi connectivity index (χ1v) is 7.53.